The zero-order valence-electron chi connectivity index (χ0n) is 14.9. The highest BCUT2D eigenvalue weighted by Crippen LogP contribution is 2.28. The molecule has 0 amide bonds. The monoisotopic (exact) mass is 347 g/mol. The van der Waals surface area contributed by atoms with Crippen LogP contribution in [0.1, 0.15) is 12.5 Å². The summed E-state index contributed by atoms with van der Waals surface area (Å²) in [5, 5.41) is 0. The van der Waals surface area contributed by atoms with Crippen LogP contribution in [0.15, 0.2) is 77.8 Å². The van der Waals surface area contributed by atoms with Crippen LogP contribution in [0, 0.1) is 0 Å². The number of nitrogens with zero attached hydrogens (tertiary/aromatic N) is 1. The van der Waals surface area contributed by atoms with E-state index in [1.54, 1.807) is 13.3 Å². The van der Waals surface area contributed by atoms with Crippen LogP contribution in [0.2, 0.25) is 0 Å². The van der Waals surface area contributed by atoms with Crippen molar-refractivity contribution in [3.05, 3.63) is 78.4 Å². The molecule has 0 aromatic heterocycles. The molecule has 0 N–H and O–H groups in total. The van der Waals surface area contributed by atoms with Gasteiger partial charge in [0.25, 0.3) is 0 Å². The molecule has 3 aromatic carbocycles. The minimum Gasteiger partial charge on any atom is -0.493 e. The van der Waals surface area contributed by atoms with Gasteiger partial charge < -0.3 is 14.2 Å². The molecular formula is C22H21NO3. The third-order valence-electron chi connectivity index (χ3n) is 3.67. The van der Waals surface area contributed by atoms with Gasteiger partial charge in [0.1, 0.15) is 11.5 Å². The maximum atomic E-state index is 5.78. The second-order valence-corrected chi connectivity index (χ2v) is 5.51. The summed E-state index contributed by atoms with van der Waals surface area (Å²) < 4.78 is 16.7. The molecule has 0 aliphatic carbocycles. The van der Waals surface area contributed by atoms with E-state index >= 15 is 0 Å². The van der Waals surface area contributed by atoms with E-state index in [0.29, 0.717) is 12.4 Å². The molecule has 26 heavy (non-hydrogen) atoms. The number of hydrogen-bond donors (Lipinski definition) is 0. The molecule has 0 unspecified atom stereocenters. The summed E-state index contributed by atoms with van der Waals surface area (Å²) in [6, 6.07) is 23.1. The topological polar surface area (TPSA) is 40.0 Å². The Morgan fingerprint density at radius 1 is 0.846 bits per heavy atom. The van der Waals surface area contributed by atoms with Gasteiger partial charge in [-0.25, -0.2) is 0 Å². The lowest BCUT2D eigenvalue weighted by Crippen LogP contribution is -1.96. The Morgan fingerprint density at radius 3 is 2.27 bits per heavy atom. The number of hydrogen-bond acceptors (Lipinski definition) is 4. The Kier molecular flexibility index (Phi) is 5.88. The summed E-state index contributed by atoms with van der Waals surface area (Å²) in [6.07, 6.45) is 1.80. The third kappa shape index (κ3) is 4.63. The summed E-state index contributed by atoms with van der Waals surface area (Å²) in [5.74, 6) is 3.01. The normalized spacial score (nSPS) is 10.7. The van der Waals surface area contributed by atoms with Crippen molar-refractivity contribution in [2.45, 2.75) is 6.92 Å². The van der Waals surface area contributed by atoms with Crippen molar-refractivity contribution in [2.24, 2.45) is 4.99 Å². The summed E-state index contributed by atoms with van der Waals surface area (Å²) in [7, 11) is 1.63. The lowest BCUT2D eigenvalue weighted by atomic mass is 10.2. The Balaban J connectivity index is 1.68. The molecule has 4 heteroatoms. The SMILES string of the molecule is CCOc1ccc(C=Nc2ccc(Oc3ccccc3)cc2)cc1OC. The quantitative estimate of drug-likeness (QED) is 0.520. The molecule has 4 nitrogen and oxygen atoms in total. The molecule has 3 rings (SSSR count). The summed E-state index contributed by atoms with van der Waals surface area (Å²) >= 11 is 0. The van der Waals surface area contributed by atoms with Crippen LogP contribution in [-0.4, -0.2) is 19.9 Å². The summed E-state index contributed by atoms with van der Waals surface area (Å²) in [4.78, 5) is 4.50. The molecule has 0 aliphatic heterocycles. The van der Waals surface area contributed by atoms with E-state index in [0.717, 1.165) is 28.5 Å². The van der Waals surface area contributed by atoms with E-state index in [4.69, 9.17) is 14.2 Å². The van der Waals surface area contributed by atoms with Crippen molar-refractivity contribution in [3.63, 3.8) is 0 Å². The fourth-order valence-corrected chi connectivity index (χ4v) is 2.41. The van der Waals surface area contributed by atoms with Gasteiger partial charge in [-0.2, -0.15) is 0 Å². The molecule has 0 saturated heterocycles. The van der Waals surface area contributed by atoms with Crippen molar-refractivity contribution >= 4 is 11.9 Å². The summed E-state index contributed by atoms with van der Waals surface area (Å²) in [5.41, 5.74) is 1.79. The van der Waals surface area contributed by atoms with Crippen LogP contribution in [0.5, 0.6) is 23.0 Å². The smallest absolute Gasteiger partial charge is 0.161 e. The first-order chi connectivity index (χ1) is 12.8. The fourth-order valence-electron chi connectivity index (χ4n) is 2.41. The van der Waals surface area contributed by atoms with Gasteiger partial charge in [0.15, 0.2) is 11.5 Å². The number of rotatable bonds is 7. The van der Waals surface area contributed by atoms with Crippen molar-refractivity contribution < 1.29 is 14.2 Å². The second-order valence-electron chi connectivity index (χ2n) is 5.51. The van der Waals surface area contributed by atoms with Crippen molar-refractivity contribution in [1.82, 2.24) is 0 Å². The highest BCUT2D eigenvalue weighted by molar-refractivity contribution is 5.83. The van der Waals surface area contributed by atoms with E-state index in [1.165, 1.54) is 0 Å². The van der Waals surface area contributed by atoms with Gasteiger partial charge >= 0.3 is 0 Å². The van der Waals surface area contributed by atoms with E-state index < -0.39 is 0 Å². The largest absolute Gasteiger partial charge is 0.493 e. The van der Waals surface area contributed by atoms with Crippen molar-refractivity contribution in [3.8, 4) is 23.0 Å². The minimum absolute atomic E-state index is 0.598. The van der Waals surface area contributed by atoms with Crippen LogP contribution in [-0.2, 0) is 0 Å². The summed E-state index contributed by atoms with van der Waals surface area (Å²) in [6.45, 7) is 2.54. The third-order valence-corrected chi connectivity index (χ3v) is 3.67. The zero-order valence-corrected chi connectivity index (χ0v) is 14.9. The first-order valence-corrected chi connectivity index (χ1v) is 8.46. The molecule has 0 spiro atoms. The molecule has 0 aliphatic rings. The van der Waals surface area contributed by atoms with E-state index in [1.807, 2.05) is 79.7 Å². The van der Waals surface area contributed by atoms with Crippen molar-refractivity contribution in [1.29, 1.82) is 0 Å². The average Bonchev–Trinajstić information content (AvgIpc) is 2.69. The lowest BCUT2D eigenvalue weighted by Gasteiger charge is -2.09. The molecule has 0 radical (unpaired) electrons. The Bertz CT molecular complexity index is 858. The van der Waals surface area contributed by atoms with E-state index in [-0.39, 0.29) is 0 Å². The van der Waals surface area contributed by atoms with Crippen LogP contribution < -0.4 is 14.2 Å². The molecular weight excluding hydrogens is 326 g/mol. The Morgan fingerprint density at radius 2 is 1.58 bits per heavy atom. The molecule has 132 valence electrons. The Hall–Kier alpha value is -3.27. The molecule has 3 aromatic rings. The van der Waals surface area contributed by atoms with Crippen LogP contribution in [0.4, 0.5) is 5.69 Å². The van der Waals surface area contributed by atoms with Gasteiger partial charge in [-0.3, -0.25) is 4.99 Å². The molecule has 0 bridgehead atoms. The van der Waals surface area contributed by atoms with Crippen LogP contribution in [0.3, 0.4) is 0 Å². The standard InChI is InChI=1S/C22H21NO3/c1-3-25-21-14-9-17(15-22(21)24-2)16-23-18-10-12-20(13-11-18)26-19-7-5-4-6-8-19/h4-16H,3H2,1-2H3. The average molecular weight is 347 g/mol. The van der Waals surface area contributed by atoms with Crippen LogP contribution in [0.25, 0.3) is 0 Å². The highest BCUT2D eigenvalue weighted by atomic mass is 16.5. The van der Waals surface area contributed by atoms with Gasteiger partial charge in [-0.15, -0.1) is 0 Å². The van der Waals surface area contributed by atoms with E-state index in [9.17, 15) is 0 Å². The molecule has 0 fully saturated rings. The van der Waals surface area contributed by atoms with Gasteiger partial charge in [0, 0.05) is 6.21 Å². The zero-order chi connectivity index (χ0) is 18.2. The lowest BCUT2D eigenvalue weighted by molar-refractivity contribution is 0.311. The number of methoxy groups -OCH3 is 1. The number of benzene rings is 3. The maximum Gasteiger partial charge on any atom is 0.161 e. The minimum atomic E-state index is 0.598. The number of aliphatic imine (C=N–C) groups is 1. The van der Waals surface area contributed by atoms with Gasteiger partial charge in [0.05, 0.1) is 19.4 Å². The first kappa shape index (κ1) is 17.5. The number of para-hydroxylation sites is 1. The highest BCUT2D eigenvalue weighted by Gasteiger charge is 2.04. The molecule has 0 saturated carbocycles. The van der Waals surface area contributed by atoms with Crippen LogP contribution >= 0.6 is 0 Å². The first-order valence-electron chi connectivity index (χ1n) is 8.46. The van der Waals surface area contributed by atoms with E-state index in [2.05, 4.69) is 4.99 Å². The maximum absolute atomic E-state index is 5.78. The fraction of sp³-hybridized carbons (Fsp3) is 0.136. The van der Waals surface area contributed by atoms with Gasteiger partial charge in [-0.05, 0) is 67.1 Å². The predicted octanol–water partition coefficient (Wildman–Crippen LogP) is 5.64. The van der Waals surface area contributed by atoms with Gasteiger partial charge in [-0.1, -0.05) is 18.2 Å². The number of ether oxygens (including phenoxy) is 3. The van der Waals surface area contributed by atoms with Crippen molar-refractivity contribution in [2.75, 3.05) is 13.7 Å². The molecule has 0 atom stereocenters. The Labute approximate surface area is 153 Å². The van der Waals surface area contributed by atoms with Gasteiger partial charge in [0.2, 0.25) is 0 Å². The predicted molar refractivity (Wildman–Crippen MR) is 104 cm³/mol. The second kappa shape index (κ2) is 8.72. The molecule has 0 heterocycles.